The highest BCUT2D eigenvalue weighted by Gasteiger charge is 2.57. The molecule has 3 nitrogen and oxygen atoms in total. The summed E-state index contributed by atoms with van der Waals surface area (Å²) in [6.45, 7) is 26.8. The van der Waals surface area contributed by atoms with Gasteiger partial charge in [0, 0.05) is 0 Å². The van der Waals surface area contributed by atoms with E-state index in [4.69, 9.17) is 8.23 Å². The summed E-state index contributed by atoms with van der Waals surface area (Å²) in [5.41, 5.74) is 0. The van der Waals surface area contributed by atoms with Crippen LogP contribution in [-0.2, 0) is 8.23 Å². The van der Waals surface area contributed by atoms with Crippen molar-refractivity contribution in [3.8, 4) is 0 Å². The van der Waals surface area contributed by atoms with E-state index in [0.29, 0.717) is 0 Å². The van der Waals surface area contributed by atoms with E-state index < -0.39 is 25.2 Å². The Hall–Kier alpha value is 0.531. The summed E-state index contributed by atoms with van der Waals surface area (Å²) in [5.74, 6) is 0. The topological polar surface area (TPSA) is 21.7 Å². The largest absolute Gasteiger partial charge is 0.437 e. The molecule has 0 aliphatic carbocycles. The van der Waals surface area contributed by atoms with Crippen LogP contribution in [0.25, 0.3) is 0 Å². The lowest BCUT2D eigenvalue weighted by Crippen LogP contribution is -2.62. The lowest BCUT2D eigenvalue weighted by Gasteiger charge is -2.54. The molecule has 0 saturated heterocycles. The van der Waals surface area contributed by atoms with E-state index in [0.717, 1.165) is 6.54 Å². The summed E-state index contributed by atoms with van der Waals surface area (Å²) < 4.78 is 13.8. The Morgan fingerprint density at radius 1 is 0.750 bits per heavy atom. The molecule has 0 unspecified atom stereocenters. The van der Waals surface area contributed by atoms with Crippen molar-refractivity contribution in [2.24, 2.45) is 0 Å². The Morgan fingerprint density at radius 3 is 1.46 bits per heavy atom. The van der Waals surface area contributed by atoms with Crippen LogP contribution in [0, 0.1) is 0 Å². The highest BCUT2D eigenvalue weighted by Crippen LogP contribution is 2.55. The van der Waals surface area contributed by atoms with Gasteiger partial charge in [-0.15, -0.1) is 0 Å². The molecule has 0 saturated carbocycles. The first-order chi connectivity index (χ1) is 10.3. The maximum Gasteiger partial charge on any atom is 0.311 e. The SMILES string of the molecule is CN(C)CCC[Si](O[Si](C)(C)O[Si](C)(C)C)(C(C)(C)C)C(C)(C)C. The highest BCUT2D eigenvalue weighted by atomic mass is 28.5. The standard InChI is InChI=1S/C18H45NO2Si3/c1-17(2,3)24(18(4,5)6,16-14-15-19(7)8)21-23(12,13)20-22(9,10)11/h14-16H2,1-13H3. The molecule has 0 aromatic carbocycles. The van der Waals surface area contributed by atoms with Crippen molar-refractivity contribution in [2.75, 3.05) is 20.6 Å². The fraction of sp³-hybridized carbons (Fsp3) is 1.00. The minimum Gasteiger partial charge on any atom is -0.437 e. The summed E-state index contributed by atoms with van der Waals surface area (Å²) in [5, 5.41) is 0.370. The van der Waals surface area contributed by atoms with Crippen LogP contribution in [0.5, 0.6) is 0 Å². The second-order valence-corrected chi connectivity index (χ2v) is 24.8. The van der Waals surface area contributed by atoms with E-state index in [1.54, 1.807) is 0 Å². The van der Waals surface area contributed by atoms with Gasteiger partial charge >= 0.3 is 8.56 Å². The second kappa shape index (κ2) is 8.05. The third-order valence-electron chi connectivity index (χ3n) is 4.53. The van der Waals surface area contributed by atoms with Gasteiger partial charge < -0.3 is 13.1 Å². The molecule has 0 fully saturated rings. The fourth-order valence-corrected chi connectivity index (χ4v) is 21.1. The zero-order valence-electron chi connectivity index (χ0n) is 18.9. The molecule has 0 heterocycles. The third kappa shape index (κ3) is 7.42. The molecule has 0 aromatic rings. The van der Waals surface area contributed by atoms with Crippen molar-refractivity contribution < 1.29 is 8.23 Å². The Balaban J connectivity index is 5.75. The predicted molar refractivity (Wildman–Crippen MR) is 116 cm³/mol. The van der Waals surface area contributed by atoms with Gasteiger partial charge in [-0.05, 0) is 75.9 Å². The lowest BCUT2D eigenvalue weighted by atomic mass is 10.2. The van der Waals surface area contributed by atoms with Crippen LogP contribution in [0.15, 0.2) is 0 Å². The highest BCUT2D eigenvalue weighted by molar-refractivity contribution is 6.90. The van der Waals surface area contributed by atoms with Gasteiger partial charge in [0.1, 0.15) is 0 Å². The molecule has 0 amide bonds. The van der Waals surface area contributed by atoms with Crippen molar-refractivity contribution >= 4 is 25.2 Å². The van der Waals surface area contributed by atoms with E-state index >= 15 is 0 Å². The Kier molecular flexibility index (Phi) is 8.22. The van der Waals surface area contributed by atoms with Gasteiger partial charge in [-0.1, -0.05) is 41.5 Å². The van der Waals surface area contributed by atoms with Gasteiger partial charge in [0.05, 0.1) is 0 Å². The van der Waals surface area contributed by atoms with Gasteiger partial charge in [0.2, 0.25) is 0 Å². The lowest BCUT2D eigenvalue weighted by molar-refractivity contribution is 0.334. The van der Waals surface area contributed by atoms with Gasteiger partial charge in [-0.3, -0.25) is 0 Å². The van der Waals surface area contributed by atoms with Crippen molar-refractivity contribution in [1.82, 2.24) is 4.90 Å². The minimum atomic E-state index is -2.16. The Morgan fingerprint density at radius 2 is 1.17 bits per heavy atom. The van der Waals surface area contributed by atoms with Crippen molar-refractivity contribution in [3.05, 3.63) is 0 Å². The molecule has 0 spiro atoms. The maximum absolute atomic E-state index is 7.18. The zero-order chi connectivity index (χ0) is 19.6. The molecule has 146 valence electrons. The molecule has 0 N–H and O–H groups in total. The smallest absolute Gasteiger partial charge is 0.311 e. The summed E-state index contributed by atoms with van der Waals surface area (Å²) in [6, 6.07) is 1.20. The van der Waals surface area contributed by atoms with Crippen molar-refractivity contribution in [3.63, 3.8) is 0 Å². The first-order valence-corrected chi connectivity index (χ1v) is 17.7. The van der Waals surface area contributed by atoms with Gasteiger partial charge in [0.15, 0.2) is 16.6 Å². The first kappa shape index (κ1) is 24.5. The molecule has 0 bridgehead atoms. The van der Waals surface area contributed by atoms with Crippen LogP contribution in [0.3, 0.4) is 0 Å². The van der Waals surface area contributed by atoms with Gasteiger partial charge in [-0.2, -0.15) is 0 Å². The molecule has 0 aliphatic rings. The molecular formula is C18H45NO2Si3. The first-order valence-electron chi connectivity index (χ1n) is 9.38. The molecular weight excluding hydrogens is 346 g/mol. The van der Waals surface area contributed by atoms with Crippen molar-refractivity contribution in [2.45, 2.75) is 96.8 Å². The normalized spacial score (nSPS) is 15.2. The van der Waals surface area contributed by atoms with Crippen LogP contribution >= 0.6 is 0 Å². The quantitative estimate of drug-likeness (QED) is 0.470. The van der Waals surface area contributed by atoms with Crippen molar-refractivity contribution in [1.29, 1.82) is 0 Å². The average Bonchev–Trinajstić information content (AvgIpc) is 2.19. The Labute approximate surface area is 156 Å². The van der Waals surface area contributed by atoms with Crippen LogP contribution in [0.4, 0.5) is 0 Å². The fourth-order valence-electron chi connectivity index (χ4n) is 4.05. The third-order valence-corrected chi connectivity index (χ3v) is 18.2. The molecule has 0 aliphatic heterocycles. The monoisotopic (exact) mass is 391 g/mol. The van der Waals surface area contributed by atoms with Crippen LogP contribution in [0.2, 0.25) is 48.9 Å². The van der Waals surface area contributed by atoms with E-state index in [1.807, 2.05) is 0 Å². The van der Waals surface area contributed by atoms with Gasteiger partial charge in [0.25, 0.3) is 0 Å². The van der Waals surface area contributed by atoms with Crippen LogP contribution < -0.4 is 0 Å². The average molecular weight is 392 g/mol. The van der Waals surface area contributed by atoms with Gasteiger partial charge in [-0.25, -0.2) is 0 Å². The number of hydrogen-bond donors (Lipinski definition) is 0. The Bertz CT molecular complexity index is 377. The second-order valence-electron chi connectivity index (χ2n) is 11.0. The van der Waals surface area contributed by atoms with E-state index in [9.17, 15) is 0 Å². The number of nitrogens with zero attached hydrogens (tertiary/aromatic N) is 1. The van der Waals surface area contributed by atoms with E-state index in [-0.39, 0.29) is 10.1 Å². The molecule has 6 heteroatoms. The zero-order valence-corrected chi connectivity index (χ0v) is 21.9. The van der Waals surface area contributed by atoms with E-state index in [2.05, 4.69) is 93.3 Å². The summed E-state index contributed by atoms with van der Waals surface area (Å²) in [6.07, 6.45) is 1.20. The summed E-state index contributed by atoms with van der Waals surface area (Å²) in [4.78, 5) is 2.28. The maximum atomic E-state index is 7.18. The predicted octanol–water partition coefficient (Wildman–Crippen LogP) is 6.05. The van der Waals surface area contributed by atoms with E-state index in [1.165, 1.54) is 12.5 Å². The number of rotatable bonds is 8. The summed E-state index contributed by atoms with van der Waals surface area (Å²) in [7, 11) is -1.52. The number of hydrogen-bond acceptors (Lipinski definition) is 3. The molecule has 0 radical (unpaired) electrons. The van der Waals surface area contributed by atoms with Crippen LogP contribution in [-0.4, -0.2) is 50.7 Å². The molecule has 24 heavy (non-hydrogen) atoms. The minimum absolute atomic E-state index is 0.185. The summed E-state index contributed by atoms with van der Waals surface area (Å²) >= 11 is 0. The molecule has 0 atom stereocenters. The molecule has 0 rings (SSSR count). The molecule has 0 aromatic heterocycles. The van der Waals surface area contributed by atoms with Crippen LogP contribution in [0.1, 0.15) is 48.0 Å².